The number of amides is 1. The predicted molar refractivity (Wildman–Crippen MR) is 74.7 cm³/mol. The largest absolute Gasteiger partial charge is 0.367 e. The standard InChI is InChI=1S/C12H17N5OS/c1-8-4-5-10(19-8)9(2)16(3)11(18)6-17-7-14-12(13)15-17/h4-5,7,9H,6H2,1-3H3,(H2,13,15). The molecule has 0 aromatic carbocycles. The summed E-state index contributed by atoms with van der Waals surface area (Å²) in [5.74, 6) is 0.154. The Kier molecular flexibility index (Phi) is 3.84. The van der Waals surface area contributed by atoms with Gasteiger partial charge in [-0.3, -0.25) is 4.79 Å². The maximum absolute atomic E-state index is 12.1. The number of hydrogen-bond acceptors (Lipinski definition) is 5. The zero-order chi connectivity index (χ0) is 14.0. The Morgan fingerprint density at radius 1 is 1.58 bits per heavy atom. The number of aromatic nitrogens is 3. The second-order valence-corrected chi connectivity index (χ2v) is 5.75. The summed E-state index contributed by atoms with van der Waals surface area (Å²) < 4.78 is 1.44. The summed E-state index contributed by atoms with van der Waals surface area (Å²) in [4.78, 5) is 20.1. The third kappa shape index (κ3) is 3.11. The number of rotatable bonds is 4. The van der Waals surface area contributed by atoms with Crippen molar-refractivity contribution >= 4 is 23.2 Å². The van der Waals surface area contributed by atoms with E-state index in [-0.39, 0.29) is 24.4 Å². The quantitative estimate of drug-likeness (QED) is 0.919. The van der Waals surface area contributed by atoms with E-state index >= 15 is 0 Å². The zero-order valence-corrected chi connectivity index (χ0v) is 12.0. The van der Waals surface area contributed by atoms with E-state index in [4.69, 9.17) is 5.73 Å². The summed E-state index contributed by atoms with van der Waals surface area (Å²) in [6.07, 6.45) is 1.46. The molecule has 19 heavy (non-hydrogen) atoms. The van der Waals surface area contributed by atoms with Crippen LogP contribution in [0, 0.1) is 6.92 Å². The van der Waals surface area contributed by atoms with Crippen LogP contribution in [-0.4, -0.2) is 32.6 Å². The molecule has 0 bridgehead atoms. The number of likely N-dealkylation sites (N-methyl/N-ethyl adjacent to an activating group) is 1. The maximum atomic E-state index is 12.1. The lowest BCUT2D eigenvalue weighted by atomic mass is 10.2. The number of carbonyl (C=O) groups excluding carboxylic acids is 1. The summed E-state index contributed by atoms with van der Waals surface area (Å²) in [5, 5.41) is 3.91. The van der Waals surface area contributed by atoms with Crippen LogP contribution >= 0.6 is 11.3 Å². The highest BCUT2D eigenvalue weighted by molar-refractivity contribution is 7.12. The van der Waals surface area contributed by atoms with Crippen molar-refractivity contribution in [2.75, 3.05) is 12.8 Å². The van der Waals surface area contributed by atoms with Crippen molar-refractivity contribution in [3.8, 4) is 0 Å². The number of nitrogen functional groups attached to an aromatic ring is 1. The van der Waals surface area contributed by atoms with Crippen LogP contribution in [0.15, 0.2) is 18.5 Å². The van der Waals surface area contributed by atoms with Gasteiger partial charge in [0.1, 0.15) is 12.9 Å². The smallest absolute Gasteiger partial charge is 0.244 e. The van der Waals surface area contributed by atoms with Crippen molar-refractivity contribution in [2.45, 2.75) is 26.4 Å². The number of hydrogen-bond donors (Lipinski definition) is 1. The van der Waals surface area contributed by atoms with E-state index in [0.717, 1.165) is 0 Å². The molecule has 2 N–H and O–H groups in total. The van der Waals surface area contributed by atoms with Crippen LogP contribution in [0.2, 0.25) is 0 Å². The lowest BCUT2D eigenvalue weighted by Crippen LogP contribution is -2.32. The van der Waals surface area contributed by atoms with E-state index in [9.17, 15) is 4.79 Å². The number of nitrogens with zero attached hydrogens (tertiary/aromatic N) is 4. The van der Waals surface area contributed by atoms with Gasteiger partial charge in [-0.1, -0.05) is 0 Å². The van der Waals surface area contributed by atoms with E-state index in [0.29, 0.717) is 0 Å². The normalized spacial score (nSPS) is 12.4. The molecule has 0 spiro atoms. The molecule has 0 aliphatic rings. The number of thiophene rings is 1. The van der Waals surface area contributed by atoms with Gasteiger partial charge < -0.3 is 10.6 Å². The van der Waals surface area contributed by atoms with Crippen LogP contribution in [0.3, 0.4) is 0 Å². The lowest BCUT2D eigenvalue weighted by molar-refractivity contribution is -0.132. The minimum absolute atomic E-state index is 0.0246. The van der Waals surface area contributed by atoms with Crippen molar-refractivity contribution in [1.29, 1.82) is 0 Å². The van der Waals surface area contributed by atoms with Gasteiger partial charge in [-0.15, -0.1) is 16.4 Å². The molecule has 0 saturated heterocycles. The highest BCUT2D eigenvalue weighted by Gasteiger charge is 2.19. The van der Waals surface area contributed by atoms with E-state index in [1.807, 2.05) is 6.92 Å². The fourth-order valence-corrected chi connectivity index (χ4v) is 2.69. The fourth-order valence-electron chi connectivity index (χ4n) is 1.72. The third-order valence-corrected chi connectivity index (χ3v) is 4.17. The van der Waals surface area contributed by atoms with E-state index in [1.165, 1.54) is 20.8 Å². The van der Waals surface area contributed by atoms with E-state index < -0.39 is 0 Å². The molecule has 1 unspecified atom stereocenters. The first-order chi connectivity index (χ1) is 8.97. The first-order valence-electron chi connectivity index (χ1n) is 5.94. The Hall–Kier alpha value is -1.89. The highest BCUT2D eigenvalue weighted by Crippen LogP contribution is 2.26. The van der Waals surface area contributed by atoms with Crippen LogP contribution in [-0.2, 0) is 11.3 Å². The minimum atomic E-state index is -0.0246. The topological polar surface area (TPSA) is 77.0 Å². The summed E-state index contributed by atoms with van der Waals surface area (Å²) in [6.45, 7) is 4.22. The maximum Gasteiger partial charge on any atom is 0.244 e. The molecule has 7 heteroatoms. The molecule has 1 amide bonds. The third-order valence-electron chi connectivity index (χ3n) is 3.00. The number of aryl methyl sites for hydroxylation is 1. The molecular formula is C12H17N5OS. The van der Waals surface area contributed by atoms with E-state index in [1.54, 1.807) is 23.3 Å². The molecule has 0 aliphatic heterocycles. The molecule has 0 aliphatic carbocycles. The molecular weight excluding hydrogens is 262 g/mol. The Bertz CT molecular complexity index is 576. The van der Waals surface area contributed by atoms with Crippen LogP contribution in [0.1, 0.15) is 22.7 Å². The predicted octanol–water partition coefficient (Wildman–Crippen LogP) is 1.45. The van der Waals surface area contributed by atoms with Gasteiger partial charge in [-0.2, -0.15) is 0 Å². The molecule has 2 aromatic rings. The first kappa shape index (κ1) is 13.5. The second-order valence-electron chi connectivity index (χ2n) is 4.43. The average molecular weight is 279 g/mol. The molecule has 2 heterocycles. The first-order valence-corrected chi connectivity index (χ1v) is 6.76. The highest BCUT2D eigenvalue weighted by atomic mass is 32.1. The number of anilines is 1. The van der Waals surface area contributed by atoms with Gasteiger partial charge in [0.15, 0.2) is 0 Å². The van der Waals surface area contributed by atoms with Gasteiger partial charge in [0.05, 0.1) is 6.04 Å². The minimum Gasteiger partial charge on any atom is -0.367 e. The molecule has 1 atom stereocenters. The van der Waals surface area contributed by atoms with Gasteiger partial charge in [0.25, 0.3) is 0 Å². The lowest BCUT2D eigenvalue weighted by Gasteiger charge is -2.24. The van der Waals surface area contributed by atoms with Crippen LogP contribution in [0.4, 0.5) is 5.95 Å². The van der Waals surface area contributed by atoms with E-state index in [2.05, 4.69) is 29.1 Å². The monoisotopic (exact) mass is 279 g/mol. The average Bonchev–Trinajstić information content (AvgIpc) is 2.96. The molecule has 0 radical (unpaired) electrons. The number of nitrogens with two attached hydrogens (primary N) is 1. The Balaban J connectivity index is 2.02. The zero-order valence-electron chi connectivity index (χ0n) is 11.2. The van der Waals surface area contributed by atoms with Crippen LogP contribution in [0.5, 0.6) is 0 Å². The summed E-state index contributed by atoms with van der Waals surface area (Å²) >= 11 is 1.70. The van der Waals surface area contributed by atoms with Gasteiger partial charge in [0, 0.05) is 16.8 Å². The summed E-state index contributed by atoms with van der Waals surface area (Å²) in [6, 6.07) is 4.17. The molecule has 2 rings (SSSR count). The number of carbonyl (C=O) groups is 1. The van der Waals surface area contributed by atoms with Crippen molar-refractivity contribution in [3.05, 3.63) is 28.2 Å². The Morgan fingerprint density at radius 2 is 2.32 bits per heavy atom. The van der Waals surface area contributed by atoms with Crippen molar-refractivity contribution in [3.63, 3.8) is 0 Å². The summed E-state index contributed by atoms with van der Waals surface area (Å²) in [7, 11) is 1.79. The van der Waals surface area contributed by atoms with Crippen LogP contribution < -0.4 is 5.73 Å². The van der Waals surface area contributed by atoms with Gasteiger partial charge in [0.2, 0.25) is 11.9 Å². The Morgan fingerprint density at radius 3 is 2.84 bits per heavy atom. The van der Waals surface area contributed by atoms with Crippen molar-refractivity contribution in [2.24, 2.45) is 0 Å². The summed E-state index contributed by atoms with van der Waals surface area (Å²) in [5.41, 5.74) is 5.42. The fraction of sp³-hybridized carbons (Fsp3) is 0.417. The molecule has 0 saturated carbocycles. The molecule has 2 aromatic heterocycles. The molecule has 6 nitrogen and oxygen atoms in total. The Labute approximate surface area is 115 Å². The van der Waals surface area contributed by atoms with Crippen molar-refractivity contribution < 1.29 is 4.79 Å². The molecule has 102 valence electrons. The van der Waals surface area contributed by atoms with Crippen molar-refractivity contribution in [1.82, 2.24) is 19.7 Å². The second kappa shape index (κ2) is 5.40. The van der Waals surface area contributed by atoms with Crippen LogP contribution in [0.25, 0.3) is 0 Å². The molecule has 0 fully saturated rings. The van der Waals surface area contributed by atoms with Gasteiger partial charge >= 0.3 is 0 Å². The van der Waals surface area contributed by atoms with Gasteiger partial charge in [-0.25, -0.2) is 9.67 Å². The SMILES string of the molecule is Cc1ccc(C(C)N(C)C(=O)Cn2cnc(N)n2)s1. The van der Waals surface area contributed by atoms with Gasteiger partial charge in [-0.05, 0) is 26.0 Å².